The maximum absolute atomic E-state index is 0. The molecular weight excluding hydrogens is 185 g/mol. The first-order valence-electron chi connectivity index (χ1n) is 0. The summed E-state index contributed by atoms with van der Waals surface area (Å²) in [5, 5.41) is 0. The van der Waals surface area contributed by atoms with Crippen molar-refractivity contribution in [2.75, 3.05) is 0 Å². The molecule has 0 aliphatic rings. The quantitative estimate of drug-likeness (QED) is 0.331. The second-order valence-corrected chi connectivity index (χ2v) is 0. The van der Waals surface area contributed by atoms with Gasteiger partial charge in [0.05, 0.1) is 0 Å². The van der Waals surface area contributed by atoms with E-state index in [0.717, 1.165) is 0 Å². The van der Waals surface area contributed by atoms with Gasteiger partial charge in [0.2, 0.25) is 0 Å². The van der Waals surface area contributed by atoms with Crippen LogP contribution in [0.1, 0.15) is 2.85 Å². The van der Waals surface area contributed by atoms with Crippen molar-refractivity contribution in [2.24, 2.45) is 0 Å². The predicted octanol–water partition coefficient (Wildman–Crippen LogP) is -5.77. The molecule has 4 heavy (non-hydrogen) atoms. The minimum Gasteiger partial charge on any atom is -1.00 e. The largest absolute Gasteiger partial charge is 1.00 e. The zero-order valence-electron chi connectivity index (χ0n) is 5.02. The van der Waals surface area contributed by atoms with Crippen LogP contribution in [0.2, 0.25) is 0 Å². The van der Waals surface area contributed by atoms with Crippen LogP contribution >= 0.6 is 0 Å². The summed E-state index contributed by atoms with van der Waals surface area (Å²) in [7, 11) is 0. The first-order chi connectivity index (χ1) is 0. The van der Waals surface area contributed by atoms with Gasteiger partial charge in [-0.2, -0.15) is 0 Å². The summed E-state index contributed by atoms with van der Waals surface area (Å²) in [6, 6.07) is 0. The molecule has 4 heteroatoms. The molecule has 0 spiro atoms. The number of rotatable bonds is 0. The molecule has 0 saturated heterocycles. The van der Waals surface area contributed by atoms with Crippen LogP contribution < -0.4 is 37.7 Å². The van der Waals surface area contributed by atoms with E-state index < -0.39 is 0 Å². The molecule has 0 atom stereocenters. The number of hydrogen-bond acceptors (Lipinski definition) is 0. The molecule has 0 radical (unpaired) electrons. The van der Waals surface area contributed by atoms with Crippen LogP contribution in [0.5, 0.6) is 0 Å². The van der Waals surface area contributed by atoms with E-state index in [1.54, 1.807) is 0 Å². The fourth-order valence-corrected chi connectivity index (χ4v) is 0. The van der Waals surface area contributed by atoms with Gasteiger partial charge < -0.3 is 2.85 Å². The second-order valence-electron chi connectivity index (χ2n) is 0. The van der Waals surface area contributed by atoms with E-state index in [1.165, 1.54) is 0 Å². The van der Waals surface area contributed by atoms with Crippen LogP contribution in [0.15, 0.2) is 0 Å². The van der Waals surface area contributed by atoms with E-state index in [4.69, 9.17) is 0 Å². The van der Waals surface area contributed by atoms with Crippen molar-refractivity contribution in [3.8, 4) is 0 Å². The molecule has 16 valence electrons. The predicted molar refractivity (Wildman–Crippen MR) is 2.22 cm³/mol. The average Bonchev–Trinajstić information content (AvgIpc) is 0. The Morgan fingerprint density at radius 3 is 1.00 bits per heavy atom. The Bertz CT molecular complexity index is 11.5. The summed E-state index contributed by atoms with van der Waals surface area (Å²) in [6.07, 6.45) is 0. The van der Waals surface area contributed by atoms with Crippen molar-refractivity contribution in [1.82, 2.24) is 0 Å². The molecule has 0 N–H and O–H groups in total. The van der Waals surface area contributed by atoms with E-state index in [1.807, 2.05) is 0 Å². The molecule has 0 bridgehead atoms. The normalized spacial score (nSPS) is 0. The molecule has 0 fully saturated rings. The number of hydrogen-bond donors (Lipinski definition) is 0. The Morgan fingerprint density at radius 1 is 1.00 bits per heavy atom. The van der Waals surface area contributed by atoms with Gasteiger partial charge in [0.15, 0.2) is 0 Å². The Kier molecular flexibility index (Phi) is 134. The van der Waals surface area contributed by atoms with Gasteiger partial charge in [-0.05, 0) is 0 Å². The van der Waals surface area contributed by atoms with E-state index in [0.29, 0.717) is 0 Å². The molecule has 0 rings (SSSR count). The maximum atomic E-state index is 0. The first kappa shape index (κ1) is 30.5. The molecule has 0 aliphatic heterocycles. The van der Waals surface area contributed by atoms with Crippen LogP contribution in [0.25, 0.3) is 0 Å². The maximum Gasteiger partial charge on any atom is 1.00 e. The van der Waals surface area contributed by atoms with E-state index in [2.05, 4.69) is 0 Å². The molecule has 0 heterocycles. The second kappa shape index (κ2) is 17.5. The van der Waals surface area contributed by atoms with Gasteiger partial charge in [0.1, 0.15) is 0 Å². The molecule has 0 saturated carbocycles. The summed E-state index contributed by atoms with van der Waals surface area (Å²) in [6.45, 7) is 0. The van der Waals surface area contributed by atoms with Crippen LogP contribution in [0, 0.1) is 0 Å². The van der Waals surface area contributed by atoms with Gasteiger partial charge in [-0.1, -0.05) is 0 Å². The monoisotopic (exact) mass is 188 g/mol. The molecule has 0 aliphatic carbocycles. The molecule has 0 unspecified atom stereocenters. The van der Waals surface area contributed by atoms with E-state index >= 15 is 0 Å². The Morgan fingerprint density at radius 2 is 1.00 bits per heavy atom. The van der Waals surface area contributed by atoms with Gasteiger partial charge in [-0.15, -0.1) is 0 Å². The van der Waals surface area contributed by atoms with Crippen molar-refractivity contribution < 1.29 is 84.4 Å². The summed E-state index contributed by atoms with van der Waals surface area (Å²) >= 11 is 0. The van der Waals surface area contributed by atoms with Crippen molar-refractivity contribution >= 4 is 0 Å². The van der Waals surface area contributed by atoms with Crippen LogP contribution in [0.3, 0.4) is 0 Å². The third kappa shape index (κ3) is 8.82. The van der Waals surface area contributed by atoms with Crippen molar-refractivity contribution in [3.05, 3.63) is 0 Å². The summed E-state index contributed by atoms with van der Waals surface area (Å²) in [5.74, 6) is 0. The molecule has 0 aromatic heterocycles. The van der Waals surface area contributed by atoms with E-state index in [-0.39, 0.29) is 84.4 Å². The third-order valence-corrected chi connectivity index (χ3v) is 0. The SMILES string of the molecule is [Cd].[H-].[H-].[Li+].[Li+].[Ni]. The van der Waals surface area contributed by atoms with Crippen LogP contribution in [-0.2, 0) is 43.8 Å². The van der Waals surface area contributed by atoms with E-state index in [9.17, 15) is 0 Å². The van der Waals surface area contributed by atoms with Gasteiger partial charge in [0.25, 0.3) is 0 Å². The summed E-state index contributed by atoms with van der Waals surface area (Å²) < 4.78 is 0. The van der Waals surface area contributed by atoms with Crippen molar-refractivity contribution in [3.63, 3.8) is 0 Å². The van der Waals surface area contributed by atoms with Crippen molar-refractivity contribution in [2.45, 2.75) is 0 Å². The first-order valence-corrected chi connectivity index (χ1v) is 0. The minimum absolute atomic E-state index is 0. The fourth-order valence-electron chi connectivity index (χ4n) is 0. The molecule has 0 aromatic carbocycles. The third-order valence-electron chi connectivity index (χ3n) is 0. The topological polar surface area (TPSA) is 0 Å². The Labute approximate surface area is 83.3 Å². The minimum atomic E-state index is 0. The Hall–Kier alpha value is 2.61. The standard InChI is InChI=1S/Cd.2Li.Ni.2H/q;2*+1;;2*-1. The molecule has 0 aromatic rings. The van der Waals surface area contributed by atoms with Gasteiger partial charge in [0, 0.05) is 43.8 Å². The molecule has 0 amide bonds. The average molecular weight is 187 g/mol. The fraction of sp³-hybridized carbons (Fsp3) is 0. The zero-order chi connectivity index (χ0) is 0. The van der Waals surface area contributed by atoms with Crippen LogP contribution in [0.4, 0.5) is 0 Å². The van der Waals surface area contributed by atoms with Gasteiger partial charge in [-0.3, -0.25) is 0 Å². The Balaban J connectivity index is 0. The zero-order valence-corrected chi connectivity index (χ0v) is 8.05. The van der Waals surface area contributed by atoms with Crippen molar-refractivity contribution in [1.29, 1.82) is 0 Å². The summed E-state index contributed by atoms with van der Waals surface area (Å²) in [4.78, 5) is 0. The smallest absolute Gasteiger partial charge is 1.00 e. The molecular formula is H2CdLi2Ni. The molecule has 0 nitrogen and oxygen atoms in total. The summed E-state index contributed by atoms with van der Waals surface area (Å²) in [5.41, 5.74) is 0. The van der Waals surface area contributed by atoms with Gasteiger partial charge >= 0.3 is 37.7 Å². The van der Waals surface area contributed by atoms with Gasteiger partial charge in [-0.25, -0.2) is 0 Å². The van der Waals surface area contributed by atoms with Crippen LogP contribution in [-0.4, -0.2) is 0 Å².